The predicted molar refractivity (Wildman–Crippen MR) is 367 cm³/mol. The van der Waals surface area contributed by atoms with Gasteiger partial charge in [-0.2, -0.15) is 0 Å². The van der Waals surface area contributed by atoms with E-state index in [2.05, 4.69) is 89.7 Å². The summed E-state index contributed by atoms with van der Waals surface area (Å²) in [5.41, 5.74) is 46.0. The lowest BCUT2D eigenvalue weighted by molar-refractivity contribution is -0.136. The molecule has 38 heteroatoms. The Bertz CT molecular complexity index is 3050. The van der Waals surface area contributed by atoms with Crippen LogP contribution in [0.5, 0.6) is 0 Å². The Kier molecular flexibility index (Phi) is 40.2. The molecule has 0 saturated heterocycles. The highest BCUT2D eigenvalue weighted by Gasteiger charge is 2.34. The van der Waals surface area contributed by atoms with Gasteiger partial charge in [-0.3, -0.25) is 72.3 Å². The third-order valence-electron chi connectivity index (χ3n) is 14.7. The van der Waals surface area contributed by atoms with E-state index in [0.29, 0.717) is 35.8 Å². The molecule has 0 aliphatic heterocycles. The second kappa shape index (κ2) is 46.6. The second-order valence-electron chi connectivity index (χ2n) is 23.1. The molecule has 0 saturated carbocycles. The minimum atomic E-state index is -1.73. The molecule has 2 aromatic carbocycles. The molecule has 550 valence electrons. The van der Waals surface area contributed by atoms with Crippen LogP contribution in [0.3, 0.4) is 0 Å². The highest BCUT2D eigenvalue weighted by molar-refractivity contribution is 9.10. The van der Waals surface area contributed by atoms with Crippen LogP contribution in [-0.4, -0.2) is 218 Å². The van der Waals surface area contributed by atoms with E-state index < -0.39 is 170 Å². The lowest BCUT2D eigenvalue weighted by Crippen LogP contribution is -2.60. The summed E-state index contributed by atoms with van der Waals surface area (Å²) in [5.74, 6) is -12.1. The van der Waals surface area contributed by atoms with Crippen LogP contribution in [0.2, 0.25) is 0 Å². The fourth-order valence-electron chi connectivity index (χ4n) is 9.17. The largest absolute Gasteiger partial charge is 0.394 e. The van der Waals surface area contributed by atoms with Crippen LogP contribution in [0.1, 0.15) is 96.1 Å². The van der Waals surface area contributed by atoms with Gasteiger partial charge in [-0.15, -0.1) is 0 Å². The van der Waals surface area contributed by atoms with Gasteiger partial charge in [0.05, 0.1) is 38.4 Å². The van der Waals surface area contributed by atoms with Crippen molar-refractivity contribution in [2.45, 2.75) is 164 Å². The van der Waals surface area contributed by atoms with Crippen molar-refractivity contribution < 1.29 is 72.5 Å². The fourth-order valence-corrected chi connectivity index (χ4v) is 9.44. The molecule has 0 aliphatic carbocycles. The van der Waals surface area contributed by atoms with Crippen LogP contribution >= 0.6 is 15.9 Å². The van der Waals surface area contributed by atoms with Crippen molar-refractivity contribution in [1.82, 2.24) is 63.8 Å². The Labute approximate surface area is 581 Å². The summed E-state index contributed by atoms with van der Waals surface area (Å²) < 4.78 is 0.700. The van der Waals surface area contributed by atoms with Crippen LogP contribution in [0.25, 0.3) is 0 Å². The average Bonchev–Trinajstić information content (AvgIpc) is 0.887. The van der Waals surface area contributed by atoms with Gasteiger partial charge in [0.1, 0.15) is 54.4 Å². The van der Waals surface area contributed by atoms with E-state index in [0.717, 1.165) is 5.56 Å². The molecule has 99 heavy (non-hydrogen) atoms. The SMILES string of the molecule is C[C@H](NC(=O)CNC(=O)[C@@H](NC(=O)[C@H](Cc1ccc(Br)cc1)NC(=O)CNC(=O)CNC(=O)[C@@H](N)Cc1ccccc1)[C@@H](C)O)C(=O)N[C@@H](CCCN=C(N)N)C(=O)N[C@@H](CCCCN)C(=O)N[C@@H](CO)C(=O)N[C@@H](C)C(=O)N[C@@H](CCCN=C(N)N)C(=O)N[C@@H](CCCCN)C(N)=O. The average molecular weight is 1460 g/mol. The highest BCUT2D eigenvalue weighted by Crippen LogP contribution is 2.14. The summed E-state index contributed by atoms with van der Waals surface area (Å²) in [6.07, 6.45) is 0.196. The second-order valence-corrected chi connectivity index (χ2v) is 24.0. The minimum absolute atomic E-state index is 0.0268. The molecular formula is C61H99BrN22O15. The molecule has 2 aromatic rings. The molecule has 37 nitrogen and oxygen atoms in total. The van der Waals surface area contributed by atoms with E-state index in [4.69, 9.17) is 45.9 Å². The first kappa shape index (κ1) is 85.5. The Balaban J connectivity index is 2.19. The van der Waals surface area contributed by atoms with Crippen LogP contribution in [-0.2, 0) is 75.2 Å². The zero-order valence-corrected chi connectivity index (χ0v) is 57.4. The highest BCUT2D eigenvalue weighted by atomic mass is 79.9. The lowest BCUT2D eigenvalue weighted by Gasteiger charge is -2.26. The number of primary amides is 1. The maximum absolute atomic E-state index is 14.1. The summed E-state index contributed by atoms with van der Waals surface area (Å²) in [7, 11) is 0. The number of nitrogens with zero attached hydrogens (tertiary/aromatic N) is 2. The predicted octanol–water partition coefficient (Wildman–Crippen LogP) is -8.46. The maximum Gasteiger partial charge on any atom is 0.245 e. The zero-order valence-electron chi connectivity index (χ0n) is 55.8. The summed E-state index contributed by atoms with van der Waals surface area (Å²) in [4.78, 5) is 181. The van der Waals surface area contributed by atoms with Gasteiger partial charge < -0.3 is 120 Å². The minimum Gasteiger partial charge on any atom is -0.394 e. The van der Waals surface area contributed by atoms with Crippen molar-refractivity contribution in [3.05, 3.63) is 70.2 Å². The van der Waals surface area contributed by atoms with Crippen molar-refractivity contribution in [3.63, 3.8) is 0 Å². The number of aliphatic hydroxyl groups is 2. The van der Waals surface area contributed by atoms with Crippen LogP contribution < -0.4 is 110 Å². The van der Waals surface area contributed by atoms with Crippen LogP contribution in [0.15, 0.2) is 69.1 Å². The van der Waals surface area contributed by atoms with Crippen molar-refractivity contribution in [1.29, 1.82) is 0 Å². The molecule has 13 amide bonds. The van der Waals surface area contributed by atoms with Gasteiger partial charge in [0.2, 0.25) is 76.8 Å². The molecule has 0 spiro atoms. The molecule has 11 atom stereocenters. The molecule has 0 fully saturated rings. The summed E-state index contributed by atoms with van der Waals surface area (Å²) >= 11 is 3.33. The van der Waals surface area contributed by atoms with Crippen molar-refractivity contribution in [3.8, 4) is 0 Å². The fraction of sp³-hybridized carbons (Fsp3) is 0.557. The zero-order chi connectivity index (χ0) is 74.1. The quantitative estimate of drug-likeness (QED) is 0.0166. The first-order chi connectivity index (χ1) is 46.9. The lowest BCUT2D eigenvalue weighted by atomic mass is 10.0. The van der Waals surface area contributed by atoms with Gasteiger partial charge in [0, 0.05) is 24.0 Å². The van der Waals surface area contributed by atoms with E-state index in [-0.39, 0.29) is 89.3 Å². The topological polar surface area (TPSA) is 640 Å². The van der Waals surface area contributed by atoms with E-state index in [1.54, 1.807) is 54.6 Å². The molecule has 0 aromatic heterocycles. The van der Waals surface area contributed by atoms with Gasteiger partial charge in [-0.05, 0) is 128 Å². The van der Waals surface area contributed by atoms with Gasteiger partial charge in [-0.1, -0.05) is 58.4 Å². The smallest absolute Gasteiger partial charge is 0.245 e. The van der Waals surface area contributed by atoms with Crippen LogP contribution in [0.4, 0.5) is 0 Å². The molecule has 2 rings (SSSR count). The van der Waals surface area contributed by atoms with Gasteiger partial charge >= 0.3 is 0 Å². The maximum atomic E-state index is 14.1. The Morgan fingerprint density at radius 3 is 1.34 bits per heavy atom. The number of halogens is 1. The number of unbranched alkanes of at least 4 members (excludes halogenated alkanes) is 2. The van der Waals surface area contributed by atoms with E-state index >= 15 is 0 Å². The first-order valence-electron chi connectivity index (χ1n) is 32.1. The third kappa shape index (κ3) is 34.9. The van der Waals surface area contributed by atoms with Crippen LogP contribution in [0, 0.1) is 0 Å². The van der Waals surface area contributed by atoms with Crippen molar-refractivity contribution >= 4 is 105 Å². The van der Waals surface area contributed by atoms with Gasteiger partial charge in [0.25, 0.3) is 0 Å². The molecular weight excluding hydrogens is 1360 g/mol. The molecule has 0 heterocycles. The van der Waals surface area contributed by atoms with Gasteiger partial charge in [0.15, 0.2) is 11.9 Å². The van der Waals surface area contributed by atoms with Gasteiger partial charge in [-0.25, -0.2) is 0 Å². The number of hydrogen-bond donors (Lipinski definition) is 22. The number of guanidine groups is 2. The van der Waals surface area contributed by atoms with Crippen molar-refractivity contribution in [2.75, 3.05) is 52.4 Å². The summed E-state index contributed by atoms with van der Waals surface area (Å²) in [5, 5.41) is 50.1. The summed E-state index contributed by atoms with van der Waals surface area (Å²) in [6.45, 7) is 1.19. The first-order valence-corrected chi connectivity index (χ1v) is 32.9. The number of carbonyl (C=O) groups is 13. The molecule has 0 bridgehead atoms. The molecule has 0 unspecified atom stereocenters. The molecule has 0 radical (unpaired) electrons. The van der Waals surface area contributed by atoms with E-state index in [1.165, 1.54) is 20.8 Å². The number of hydrogen-bond acceptors (Lipinski definition) is 20. The monoisotopic (exact) mass is 1460 g/mol. The molecule has 30 N–H and O–H groups in total. The third-order valence-corrected chi connectivity index (χ3v) is 15.2. The van der Waals surface area contributed by atoms with E-state index in [1.807, 2.05) is 0 Å². The molecule has 0 aliphatic rings. The Morgan fingerprint density at radius 1 is 0.434 bits per heavy atom. The standard InChI is InChI=1S/C61H99BrN22O15/c1-33(76-47(88)31-75-59(99)49(35(3)86)84-57(97)44(28-37-19-21-38(62)22-20-37)78-48(89)30-73-46(87)29-74-53(93)39(65)27-36-13-5-4-6-14-36)51(91)80-43(18-12-26-72-61(69)70)55(95)82-41(16-8-10-24-64)56(96)83-45(32-85)58(98)77-34(2)52(92)81-42(17-11-25-71-60(67)68)54(94)79-40(50(66)90)15-7-9-23-63/h4-6,13-14,19-22,33-35,39-45,49,85-86H,7-12,15-18,23-32,63-65H2,1-3H3,(H2,66,90)(H,73,87)(H,74,93)(H,75,99)(H,76,88)(H,77,98)(H,78,89)(H,79,94)(H,80,91)(H,81,92)(H,82,95)(H,83,96)(H,84,97)(H4,67,68,71)(H4,69,70,72)/t33-,34-,35+,39-,40-,41-,42-,43-,44-,45-,49-/m0/s1. The number of amides is 13. The Hall–Kier alpha value is -9.63. The number of rotatable bonds is 47. The van der Waals surface area contributed by atoms with Crippen molar-refractivity contribution in [2.24, 2.45) is 55.9 Å². The number of benzene rings is 2. The summed E-state index contributed by atoms with van der Waals surface area (Å²) in [6, 6.07) is 1.64. The Morgan fingerprint density at radius 2 is 0.848 bits per heavy atom. The number of aliphatic imine (C=N–C) groups is 2. The number of nitrogens with one attached hydrogen (secondary N) is 12. The number of aliphatic hydroxyl groups excluding tert-OH is 2. The number of nitrogens with two attached hydrogens (primary N) is 8. The van der Waals surface area contributed by atoms with E-state index in [9.17, 15) is 72.5 Å². The number of carbonyl (C=O) groups excluding carboxylic acids is 13. The normalized spacial score (nSPS) is 14.2.